The van der Waals surface area contributed by atoms with E-state index in [9.17, 15) is 37.1 Å². The van der Waals surface area contributed by atoms with Gasteiger partial charge in [0.1, 0.15) is 17.6 Å². The Morgan fingerprint density at radius 1 is 1.19 bits per heavy atom. The predicted octanol–water partition coefficient (Wildman–Crippen LogP) is 2.68. The number of rotatable bonds is 7. The van der Waals surface area contributed by atoms with E-state index in [-0.39, 0.29) is 37.6 Å². The first-order chi connectivity index (χ1) is 19.8. The summed E-state index contributed by atoms with van der Waals surface area (Å²) in [5.41, 5.74) is 5.28. The highest BCUT2D eigenvalue weighted by atomic mass is 19.4. The average molecular weight is 597 g/mol. The normalized spacial score (nSPS) is 20.0. The highest BCUT2D eigenvalue weighted by Gasteiger charge is 2.32. The molecule has 1 aliphatic heterocycles. The van der Waals surface area contributed by atoms with Crippen LogP contribution in [0.3, 0.4) is 0 Å². The third kappa shape index (κ3) is 9.98. The summed E-state index contributed by atoms with van der Waals surface area (Å²) in [6, 6.07) is 6.46. The van der Waals surface area contributed by atoms with Gasteiger partial charge in [0.05, 0.1) is 30.7 Å². The van der Waals surface area contributed by atoms with Gasteiger partial charge in [0, 0.05) is 32.6 Å². The Hall–Kier alpha value is -3.71. The lowest BCUT2D eigenvalue weighted by Crippen LogP contribution is -2.55. The molecule has 2 aromatic carbocycles. The number of nitrogens with one attached hydrogen (secondary N) is 2. The zero-order valence-electron chi connectivity index (χ0n) is 23.3. The quantitative estimate of drug-likeness (QED) is 0.364. The van der Waals surface area contributed by atoms with E-state index in [1.807, 2.05) is 0 Å². The monoisotopic (exact) mass is 596 g/mol. The molecule has 5 N–H and O–H groups in total. The van der Waals surface area contributed by atoms with Crippen LogP contribution in [-0.4, -0.2) is 66.1 Å². The molecule has 3 amide bonds. The molecule has 0 aliphatic carbocycles. The zero-order valence-corrected chi connectivity index (χ0v) is 23.3. The number of carbonyl (C=O) groups is 3. The summed E-state index contributed by atoms with van der Waals surface area (Å²) >= 11 is 0. The Balaban J connectivity index is 1.84. The molecule has 0 aromatic heterocycles. The lowest BCUT2D eigenvalue weighted by atomic mass is 9.99. The van der Waals surface area contributed by atoms with Crippen LogP contribution in [0, 0.1) is 5.82 Å². The largest absolute Gasteiger partial charge is 0.493 e. The number of amides is 3. The van der Waals surface area contributed by atoms with Gasteiger partial charge in [-0.3, -0.25) is 14.4 Å². The minimum Gasteiger partial charge on any atom is -0.493 e. The van der Waals surface area contributed by atoms with Crippen LogP contribution < -0.4 is 21.1 Å². The number of hydrogen-bond donors (Lipinski definition) is 4. The number of benzene rings is 2. The number of halogens is 4. The van der Waals surface area contributed by atoms with Crippen molar-refractivity contribution in [3.8, 4) is 5.75 Å². The van der Waals surface area contributed by atoms with E-state index in [1.165, 1.54) is 31.3 Å². The van der Waals surface area contributed by atoms with Gasteiger partial charge in [0.2, 0.25) is 17.7 Å². The molecule has 1 heterocycles. The molecule has 2 bridgehead atoms. The number of likely N-dealkylation sites (N-methyl/N-ethyl adjacent to an activating group) is 1. The van der Waals surface area contributed by atoms with Crippen LogP contribution in [0.4, 0.5) is 17.6 Å². The molecule has 0 radical (unpaired) electrons. The van der Waals surface area contributed by atoms with Crippen LogP contribution in [-0.2, 0) is 33.5 Å². The first-order valence-corrected chi connectivity index (χ1v) is 13.6. The second-order valence-corrected chi connectivity index (χ2v) is 10.4. The van der Waals surface area contributed by atoms with E-state index in [4.69, 9.17) is 10.5 Å². The number of alkyl halides is 3. The van der Waals surface area contributed by atoms with E-state index < -0.39 is 54.0 Å². The lowest BCUT2D eigenvalue weighted by molar-refractivity contribution is -0.141. The predicted molar refractivity (Wildman–Crippen MR) is 146 cm³/mol. The van der Waals surface area contributed by atoms with E-state index in [0.717, 1.165) is 17.0 Å². The van der Waals surface area contributed by atoms with Crippen LogP contribution in [0.15, 0.2) is 42.5 Å². The number of aliphatic hydroxyl groups is 1. The van der Waals surface area contributed by atoms with Crippen LogP contribution >= 0.6 is 0 Å². The van der Waals surface area contributed by atoms with Crippen LogP contribution in [0.1, 0.15) is 48.8 Å². The van der Waals surface area contributed by atoms with Gasteiger partial charge in [0.15, 0.2) is 0 Å². The Morgan fingerprint density at radius 2 is 1.95 bits per heavy atom. The summed E-state index contributed by atoms with van der Waals surface area (Å²) < 4.78 is 59.3. The Bertz CT molecular complexity index is 1240. The molecule has 0 saturated carbocycles. The number of nitrogens with two attached hydrogens (primary N) is 1. The molecular formula is C29H36F4N4O5. The number of primary amides is 1. The minimum atomic E-state index is -4.51. The second kappa shape index (κ2) is 15.0. The number of nitrogens with zero attached hydrogens (tertiary/aromatic N) is 1. The standard InChI is InChI=1S/C29H36F4N4O5/c1-37-24(15-26(34)39)28(41)36-23(25(38)17-35-16-18-6-5-7-20(10-18)29(31,32)33)13-19-11-21(30)14-22(12-19)42-9-4-2-3-8-27(37)40/h5-7,10-12,14,23-25,35,38H,2-4,8-9,13,15-17H2,1H3,(H2,34,39)(H,36,41)/t23?,24?,25-/m1/s1. The van der Waals surface area contributed by atoms with Crippen LogP contribution in [0.5, 0.6) is 5.75 Å². The maximum atomic E-state index is 14.4. The summed E-state index contributed by atoms with van der Waals surface area (Å²) in [7, 11) is 1.39. The van der Waals surface area contributed by atoms with Gasteiger partial charge in [0.25, 0.3) is 0 Å². The van der Waals surface area contributed by atoms with Crippen molar-refractivity contribution < 1.29 is 41.8 Å². The maximum absolute atomic E-state index is 14.4. The molecule has 2 unspecified atom stereocenters. The smallest absolute Gasteiger partial charge is 0.416 e. The van der Waals surface area contributed by atoms with Gasteiger partial charge >= 0.3 is 6.18 Å². The first-order valence-electron chi connectivity index (χ1n) is 13.6. The van der Waals surface area contributed by atoms with Crippen molar-refractivity contribution in [3.63, 3.8) is 0 Å². The molecule has 42 heavy (non-hydrogen) atoms. The minimum absolute atomic E-state index is 0.0128. The molecule has 13 heteroatoms. The third-order valence-electron chi connectivity index (χ3n) is 6.98. The molecule has 1 aliphatic rings. The topological polar surface area (TPSA) is 134 Å². The number of hydrogen-bond acceptors (Lipinski definition) is 6. The Kier molecular flexibility index (Phi) is 11.7. The lowest BCUT2D eigenvalue weighted by Gasteiger charge is -2.31. The van der Waals surface area contributed by atoms with E-state index in [1.54, 1.807) is 6.07 Å². The molecule has 0 spiro atoms. The van der Waals surface area contributed by atoms with Gasteiger partial charge in [-0.2, -0.15) is 13.2 Å². The summed E-state index contributed by atoms with van der Waals surface area (Å²) in [6.45, 7) is 0.121. The third-order valence-corrected chi connectivity index (χ3v) is 6.98. The second-order valence-electron chi connectivity index (χ2n) is 10.4. The van der Waals surface area contributed by atoms with Crippen LogP contribution in [0.25, 0.3) is 0 Å². The number of aliphatic hydroxyl groups excluding tert-OH is 1. The first kappa shape index (κ1) is 32.8. The van der Waals surface area contributed by atoms with Gasteiger partial charge in [-0.15, -0.1) is 0 Å². The van der Waals surface area contributed by atoms with Crippen molar-refractivity contribution in [3.05, 3.63) is 65.0 Å². The van der Waals surface area contributed by atoms with E-state index in [0.29, 0.717) is 37.0 Å². The SMILES string of the molecule is CN1C(=O)CCCCCOc2cc(F)cc(c2)CC([C@H](O)CNCc2cccc(C(F)(F)F)c2)NC(=O)C1CC(N)=O. The highest BCUT2D eigenvalue weighted by Crippen LogP contribution is 2.29. The Labute approximate surface area is 241 Å². The number of ether oxygens (including phenoxy) is 1. The van der Waals surface area contributed by atoms with Crippen molar-refractivity contribution >= 4 is 17.7 Å². The molecule has 3 rings (SSSR count). The van der Waals surface area contributed by atoms with Gasteiger partial charge in [-0.1, -0.05) is 18.2 Å². The zero-order chi connectivity index (χ0) is 30.9. The fourth-order valence-electron chi connectivity index (χ4n) is 4.69. The Morgan fingerprint density at radius 3 is 2.67 bits per heavy atom. The molecule has 9 nitrogen and oxygen atoms in total. The summed E-state index contributed by atoms with van der Waals surface area (Å²) in [4.78, 5) is 39.1. The van der Waals surface area contributed by atoms with Gasteiger partial charge < -0.3 is 31.1 Å². The van der Waals surface area contributed by atoms with Crippen molar-refractivity contribution in [2.75, 3.05) is 20.2 Å². The maximum Gasteiger partial charge on any atom is 0.416 e. The molecule has 2 aromatic rings. The number of fused-ring (bicyclic) bond motifs is 2. The summed E-state index contributed by atoms with van der Waals surface area (Å²) in [6.07, 6.45) is -4.45. The summed E-state index contributed by atoms with van der Waals surface area (Å²) in [5, 5.41) is 16.6. The molecule has 0 saturated heterocycles. The van der Waals surface area contributed by atoms with E-state index in [2.05, 4.69) is 10.6 Å². The van der Waals surface area contributed by atoms with Gasteiger partial charge in [-0.25, -0.2) is 4.39 Å². The molecule has 3 atom stereocenters. The van der Waals surface area contributed by atoms with Crippen molar-refractivity contribution in [1.82, 2.24) is 15.5 Å². The molecule has 230 valence electrons. The van der Waals surface area contributed by atoms with Crippen molar-refractivity contribution in [1.29, 1.82) is 0 Å². The molecular weight excluding hydrogens is 560 g/mol. The molecule has 0 fully saturated rings. The van der Waals surface area contributed by atoms with Gasteiger partial charge in [-0.05, 0) is 55.0 Å². The van der Waals surface area contributed by atoms with E-state index >= 15 is 0 Å². The van der Waals surface area contributed by atoms with Crippen LogP contribution in [0.2, 0.25) is 0 Å². The van der Waals surface area contributed by atoms with Crippen molar-refractivity contribution in [2.45, 2.75) is 69.4 Å². The average Bonchev–Trinajstić information content (AvgIpc) is 2.91. The fourth-order valence-corrected chi connectivity index (χ4v) is 4.69. The summed E-state index contributed by atoms with van der Waals surface area (Å²) in [5.74, 6) is -2.23. The van der Waals surface area contributed by atoms with Crippen molar-refractivity contribution in [2.24, 2.45) is 5.73 Å². The highest BCUT2D eigenvalue weighted by molar-refractivity contribution is 5.91. The number of carbonyl (C=O) groups excluding carboxylic acids is 3. The fraction of sp³-hybridized carbons (Fsp3) is 0.483.